The summed E-state index contributed by atoms with van der Waals surface area (Å²) in [5.74, 6) is 0.00865. The molecule has 0 saturated carbocycles. The molecule has 28 heavy (non-hydrogen) atoms. The van der Waals surface area contributed by atoms with Crippen LogP contribution in [0.3, 0.4) is 0 Å². The standard InChI is InChI=1S/C22H28N2O3S/c1-18(19-9-5-4-6-10-19)17-23-22(25)20-11-13-21(14-12-20)28(26,27)24-15-7-2-3-8-16-24/h4-6,9-14,18H,2-3,7-8,15-17H2,1H3,(H,23,25). The second kappa shape index (κ2) is 9.34. The first-order valence-electron chi connectivity index (χ1n) is 9.92. The predicted octanol–water partition coefficient (Wildman–Crippen LogP) is 3.78. The summed E-state index contributed by atoms with van der Waals surface area (Å²) in [6, 6.07) is 16.3. The molecule has 1 N–H and O–H groups in total. The molecule has 0 bridgehead atoms. The lowest BCUT2D eigenvalue weighted by molar-refractivity contribution is 0.0951. The first-order chi connectivity index (χ1) is 13.5. The van der Waals surface area contributed by atoms with Gasteiger partial charge in [0.15, 0.2) is 0 Å². The highest BCUT2D eigenvalue weighted by Crippen LogP contribution is 2.21. The molecule has 1 saturated heterocycles. The van der Waals surface area contributed by atoms with E-state index in [9.17, 15) is 13.2 Å². The van der Waals surface area contributed by atoms with E-state index in [4.69, 9.17) is 0 Å². The van der Waals surface area contributed by atoms with Crippen molar-refractivity contribution >= 4 is 15.9 Å². The number of rotatable bonds is 6. The van der Waals surface area contributed by atoms with Gasteiger partial charge in [0.2, 0.25) is 10.0 Å². The zero-order valence-corrected chi connectivity index (χ0v) is 17.1. The topological polar surface area (TPSA) is 66.5 Å². The van der Waals surface area contributed by atoms with Crippen molar-refractivity contribution in [2.45, 2.75) is 43.4 Å². The van der Waals surface area contributed by atoms with Gasteiger partial charge < -0.3 is 5.32 Å². The van der Waals surface area contributed by atoms with Gasteiger partial charge in [0, 0.05) is 25.2 Å². The van der Waals surface area contributed by atoms with Crippen LogP contribution in [-0.2, 0) is 10.0 Å². The number of nitrogens with zero attached hydrogens (tertiary/aromatic N) is 1. The molecule has 0 aromatic heterocycles. The minimum absolute atomic E-state index is 0.193. The van der Waals surface area contributed by atoms with Gasteiger partial charge in [0.05, 0.1) is 4.90 Å². The summed E-state index contributed by atoms with van der Waals surface area (Å²) in [5, 5.41) is 2.93. The summed E-state index contributed by atoms with van der Waals surface area (Å²) < 4.78 is 27.2. The SMILES string of the molecule is CC(CNC(=O)c1ccc(S(=O)(=O)N2CCCCCC2)cc1)c1ccccc1. The lowest BCUT2D eigenvalue weighted by Gasteiger charge is -2.20. The molecule has 5 nitrogen and oxygen atoms in total. The van der Waals surface area contributed by atoms with E-state index in [1.807, 2.05) is 30.3 Å². The number of benzene rings is 2. The number of carbonyl (C=O) groups is 1. The molecule has 1 aliphatic rings. The lowest BCUT2D eigenvalue weighted by atomic mass is 10.0. The highest BCUT2D eigenvalue weighted by molar-refractivity contribution is 7.89. The lowest BCUT2D eigenvalue weighted by Crippen LogP contribution is -2.32. The Morgan fingerprint density at radius 2 is 1.57 bits per heavy atom. The van der Waals surface area contributed by atoms with E-state index in [2.05, 4.69) is 12.2 Å². The fourth-order valence-corrected chi connectivity index (χ4v) is 4.97. The van der Waals surface area contributed by atoms with Crippen molar-refractivity contribution in [1.29, 1.82) is 0 Å². The van der Waals surface area contributed by atoms with Gasteiger partial charge in [-0.3, -0.25) is 4.79 Å². The molecular formula is C22H28N2O3S. The molecule has 1 amide bonds. The molecule has 2 aromatic rings. The van der Waals surface area contributed by atoms with Crippen molar-refractivity contribution in [3.05, 3.63) is 65.7 Å². The molecule has 6 heteroatoms. The van der Waals surface area contributed by atoms with Crippen molar-refractivity contribution in [1.82, 2.24) is 9.62 Å². The number of sulfonamides is 1. The van der Waals surface area contributed by atoms with Crippen molar-refractivity contribution in [3.63, 3.8) is 0 Å². The van der Waals surface area contributed by atoms with E-state index in [-0.39, 0.29) is 16.7 Å². The van der Waals surface area contributed by atoms with Gasteiger partial charge in [-0.1, -0.05) is 50.1 Å². The molecule has 1 heterocycles. The number of hydrogen-bond acceptors (Lipinski definition) is 3. The van der Waals surface area contributed by atoms with Gasteiger partial charge >= 0.3 is 0 Å². The van der Waals surface area contributed by atoms with Crippen LogP contribution < -0.4 is 5.32 Å². The van der Waals surface area contributed by atoms with E-state index in [1.54, 1.807) is 16.4 Å². The van der Waals surface area contributed by atoms with Crippen LogP contribution in [0, 0.1) is 0 Å². The summed E-state index contributed by atoms with van der Waals surface area (Å²) in [5.41, 5.74) is 1.64. The Morgan fingerprint density at radius 3 is 2.18 bits per heavy atom. The van der Waals surface area contributed by atoms with Crippen molar-refractivity contribution < 1.29 is 13.2 Å². The minimum atomic E-state index is -3.49. The molecule has 0 radical (unpaired) electrons. The van der Waals surface area contributed by atoms with E-state index in [0.717, 1.165) is 25.7 Å². The van der Waals surface area contributed by atoms with Crippen LogP contribution >= 0.6 is 0 Å². The van der Waals surface area contributed by atoms with Crippen molar-refractivity contribution in [2.75, 3.05) is 19.6 Å². The monoisotopic (exact) mass is 400 g/mol. The molecule has 1 atom stereocenters. The Labute approximate surface area is 167 Å². The number of carbonyl (C=O) groups excluding carboxylic acids is 1. The van der Waals surface area contributed by atoms with Crippen LogP contribution in [0.5, 0.6) is 0 Å². The molecule has 1 aliphatic heterocycles. The Balaban J connectivity index is 1.62. The normalized spacial score (nSPS) is 16.9. The average molecular weight is 401 g/mol. The molecule has 150 valence electrons. The fourth-order valence-electron chi connectivity index (χ4n) is 3.46. The van der Waals surface area contributed by atoms with Crippen LogP contribution in [0.4, 0.5) is 0 Å². The molecule has 3 rings (SSSR count). The number of nitrogens with one attached hydrogen (secondary N) is 1. The maximum absolute atomic E-state index is 12.8. The molecule has 1 unspecified atom stereocenters. The third kappa shape index (κ3) is 5.00. The highest BCUT2D eigenvalue weighted by atomic mass is 32.2. The average Bonchev–Trinajstić information content (AvgIpc) is 3.02. The number of amides is 1. The Hall–Kier alpha value is -2.18. The Kier molecular flexibility index (Phi) is 6.86. The van der Waals surface area contributed by atoms with Gasteiger partial charge in [-0.15, -0.1) is 0 Å². The molecule has 2 aromatic carbocycles. The predicted molar refractivity (Wildman–Crippen MR) is 111 cm³/mol. The van der Waals surface area contributed by atoms with Crippen molar-refractivity contribution in [2.24, 2.45) is 0 Å². The largest absolute Gasteiger partial charge is 0.351 e. The third-order valence-corrected chi connectivity index (χ3v) is 7.17. The quantitative estimate of drug-likeness (QED) is 0.802. The maximum atomic E-state index is 12.8. The van der Waals surface area contributed by atoms with E-state index in [1.165, 1.54) is 17.7 Å². The second-order valence-electron chi connectivity index (χ2n) is 7.36. The Morgan fingerprint density at radius 1 is 0.964 bits per heavy atom. The highest BCUT2D eigenvalue weighted by Gasteiger charge is 2.25. The van der Waals surface area contributed by atoms with Crippen LogP contribution in [0.2, 0.25) is 0 Å². The molecule has 0 spiro atoms. The summed E-state index contributed by atoms with van der Waals surface area (Å²) >= 11 is 0. The smallest absolute Gasteiger partial charge is 0.251 e. The number of hydrogen-bond donors (Lipinski definition) is 1. The van der Waals surface area contributed by atoms with E-state index in [0.29, 0.717) is 25.2 Å². The molecule has 1 fully saturated rings. The Bertz CT molecular complexity index is 872. The molecular weight excluding hydrogens is 372 g/mol. The second-order valence-corrected chi connectivity index (χ2v) is 9.30. The van der Waals surface area contributed by atoms with Crippen LogP contribution in [-0.4, -0.2) is 38.3 Å². The third-order valence-electron chi connectivity index (χ3n) is 5.26. The summed E-state index contributed by atoms with van der Waals surface area (Å²) in [4.78, 5) is 12.7. The minimum Gasteiger partial charge on any atom is -0.351 e. The summed E-state index contributed by atoms with van der Waals surface area (Å²) in [6.45, 7) is 3.73. The molecule has 0 aliphatic carbocycles. The maximum Gasteiger partial charge on any atom is 0.251 e. The van der Waals surface area contributed by atoms with Gasteiger partial charge in [0.1, 0.15) is 0 Å². The van der Waals surface area contributed by atoms with Crippen molar-refractivity contribution in [3.8, 4) is 0 Å². The fraction of sp³-hybridized carbons (Fsp3) is 0.409. The first-order valence-corrected chi connectivity index (χ1v) is 11.4. The summed E-state index contributed by atoms with van der Waals surface area (Å²) in [7, 11) is -3.49. The van der Waals surface area contributed by atoms with Crippen LogP contribution in [0.25, 0.3) is 0 Å². The van der Waals surface area contributed by atoms with Gasteiger partial charge in [-0.25, -0.2) is 8.42 Å². The van der Waals surface area contributed by atoms with Gasteiger partial charge in [-0.05, 0) is 48.6 Å². The summed E-state index contributed by atoms with van der Waals surface area (Å²) in [6.07, 6.45) is 3.96. The van der Waals surface area contributed by atoms with Crippen LogP contribution in [0.1, 0.15) is 54.4 Å². The van der Waals surface area contributed by atoms with E-state index < -0.39 is 10.0 Å². The van der Waals surface area contributed by atoms with Gasteiger partial charge in [0.25, 0.3) is 5.91 Å². The van der Waals surface area contributed by atoms with Gasteiger partial charge in [-0.2, -0.15) is 4.31 Å². The zero-order valence-electron chi connectivity index (χ0n) is 16.3. The zero-order chi connectivity index (χ0) is 20.0. The van der Waals surface area contributed by atoms with E-state index >= 15 is 0 Å². The van der Waals surface area contributed by atoms with Crippen LogP contribution in [0.15, 0.2) is 59.5 Å². The first kappa shape index (κ1) is 20.6.